The van der Waals surface area contributed by atoms with Crippen LogP contribution in [0.25, 0.3) is 10.8 Å². The first-order chi connectivity index (χ1) is 21.6. The van der Waals surface area contributed by atoms with E-state index in [0.29, 0.717) is 37.4 Å². The zero-order valence-electron chi connectivity index (χ0n) is 25.1. The summed E-state index contributed by atoms with van der Waals surface area (Å²) in [5.41, 5.74) is -1.06. The molecule has 3 N–H and O–H groups in total. The minimum Gasteiger partial charge on any atom is -0.496 e. The summed E-state index contributed by atoms with van der Waals surface area (Å²) in [6, 6.07) is 4.29. The minimum atomic E-state index is -3.74. The zero-order valence-corrected chi connectivity index (χ0v) is 27.5. The number of amides is 4. The van der Waals surface area contributed by atoms with Gasteiger partial charge in [-0.2, -0.15) is 0 Å². The number of carbonyl (C=O) groups excluding carboxylic acids is 3. The van der Waals surface area contributed by atoms with Crippen LogP contribution in [0.3, 0.4) is 0 Å². The highest BCUT2D eigenvalue weighted by Gasteiger charge is 2.60. The Morgan fingerprint density at radius 3 is 2.73 bits per heavy atom. The fourth-order valence-electron chi connectivity index (χ4n) is 6.24. The van der Waals surface area contributed by atoms with E-state index >= 15 is 0 Å². The molecule has 0 spiro atoms. The van der Waals surface area contributed by atoms with Crippen LogP contribution in [0.4, 0.5) is 4.79 Å². The van der Waals surface area contributed by atoms with Gasteiger partial charge in [0, 0.05) is 36.5 Å². The lowest BCUT2D eigenvalue weighted by molar-refractivity contribution is -0.127. The van der Waals surface area contributed by atoms with E-state index in [0.717, 1.165) is 40.9 Å². The third-order valence-electron chi connectivity index (χ3n) is 9.19. The smallest absolute Gasteiger partial charge is 0.318 e. The van der Waals surface area contributed by atoms with Crippen molar-refractivity contribution in [1.82, 2.24) is 25.2 Å². The highest BCUT2D eigenvalue weighted by atomic mass is 79.9. The molecule has 14 heteroatoms. The Kier molecular flexibility index (Phi) is 8.97. The van der Waals surface area contributed by atoms with E-state index in [1.807, 2.05) is 30.4 Å². The number of halogens is 1. The number of ether oxygens (including phenoxy) is 2. The van der Waals surface area contributed by atoms with Gasteiger partial charge >= 0.3 is 6.03 Å². The van der Waals surface area contributed by atoms with Crippen LogP contribution >= 0.6 is 15.9 Å². The number of pyridine rings is 1. The van der Waals surface area contributed by atoms with Crippen LogP contribution in [0.5, 0.6) is 11.6 Å². The van der Waals surface area contributed by atoms with E-state index in [9.17, 15) is 22.8 Å². The van der Waals surface area contributed by atoms with Gasteiger partial charge in [-0.05, 0) is 78.6 Å². The van der Waals surface area contributed by atoms with Crippen LogP contribution in [0, 0.1) is 11.3 Å². The molecule has 242 valence electrons. The zero-order chi connectivity index (χ0) is 31.8. The van der Waals surface area contributed by atoms with Gasteiger partial charge in [0.15, 0.2) is 0 Å². The monoisotopic (exact) mass is 703 g/mol. The molecule has 1 saturated heterocycles. The molecule has 1 aromatic heterocycles. The lowest BCUT2D eigenvalue weighted by atomic mass is 10.0. The van der Waals surface area contributed by atoms with E-state index in [2.05, 4.69) is 36.3 Å². The average molecular weight is 705 g/mol. The quantitative estimate of drug-likeness (QED) is 0.387. The Labute approximate surface area is 270 Å². The molecule has 0 unspecified atom stereocenters. The maximum atomic E-state index is 13.7. The molecule has 4 amide bonds. The summed E-state index contributed by atoms with van der Waals surface area (Å²) in [5, 5.41) is 6.90. The Morgan fingerprint density at radius 2 is 1.96 bits per heavy atom. The predicted molar refractivity (Wildman–Crippen MR) is 170 cm³/mol. The Balaban J connectivity index is 1.21. The molecule has 4 atom stereocenters. The summed E-state index contributed by atoms with van der Waals surface area (Å²) in [4.78, 5) is 46.3. The first-order valence-corrected chi connectivity index (χ1v) is 17.8. The Bertz CT molecular complexity index is 1630. The van der Waals surface area contributed by atoms with Crippen molar-refractivity contribution in [3.8, 4) is 11.6 Å². The van der Waals surface area contributed by atoms with Gasteiger partial charge in [0.05, 0.1) is 28.8 Å². The molecule has 12 nitrogen and oxygen atoms in total. The number of nitrogens with one attached hydrogen (secondary N) is 3. The summed E-state index contributed by atoms with van der Waals surface area (Å²) >= 11 is 3.58. The average Bonchev–Trinajstić information content (AvgIpc) is 3.94. The fraction of sp³-hybridized carbons (Fsp3) is 0.548. The number of hydrogen-bond donors (Lipinski definition) is 3. The molecule has 0 radical (unpaired) electrons. The second kappa shape index (κ2) is 12.8. The van der Waals surface area contributed by atoms with E-state index in [-0.39, 0.29) is 31.5 Å². The molecule has 2 aliphatic carbocycles. The number of hydrogen-bond acceptors (Lipinski definition) is 8. The molecule has 3 fully saturated rings. The highest BCUT2D eigenvalue weighted by Crippen LogP contribution is 2.53. The summed E-state index contributed by atoms with van der Waals surface area (Å²) in [6.45, 7) is 0.613. The SMILES string of the molecule is COc1ccc2c(O[C@@H]3C[C@H]4C(=O)NC[C@]5(C(=O)NS(=O)(=O)C6CC6)C[C@H]5/C=C\CCCCCNC(=O)N4C3)nccc2c1Br. The molecule has 2 saturated carbocycles. The number of nitrogens with zero attached hydrogens (tertiary/aromatic N) is 2. The lowest BCUT2D eigenvalue weighted by Crippen LogP contribution is -2.52. The van der Waals surface area contributed by atoms with Crippen LogP contribution in [-0.4, -0.2) is 80.3 Å². The summed E-state index contributed by atoms with van der Waals surface area (Å²) in [5.74, 6) is -0.151. The standard InChI is InChI=1S/C31H38BrN5O7S/c1-43-25-11-10-23-22(26(25)32)12-14-33-28(23)44-20-15-24-27(38)35-18-31(29(39)36-45(41,42)21-8-9-21)16-19(31)7-5-3-2-4-6-13-34-30(40)37(24)17-20/h5,7,10-12,14,19-21,24H,2-4,6,8-9,13,15-18H2,1H3,(H,34,40)(H,35,38)(H,36,39)/b7-5-/t19-,20-,24+,31-/m1/s1. The number of urea groups is 1. The minimum absolute atomic E-state index is 0.0366. The van der Waals surface area contributed by atoms with Crippen molar-refractivity contribution < 1.29 is 32.3 Å². The van der Waals surface area contributed by atoms with Gasteiger partial charge in [0.2, 0.25) is 27.7 Å². The van der Waals surface area contributed by atoms with Gasteiger partial charge in [-0.3, -0.25) is 14.3 Å². The van der Waals surface area contributed by atoms with Gasteiger partial charge in [0.1, 0.15) is 17.9 Å². The van der Waals surface area contributed by atoms with Gasteiger partial charge in [0.25, 0.3) is 0 Å². The van der Waals surface area contributed by atoms with Crippen LogP contribution < -0.4 is 24.8 Å². The number of methoxy groups -OCH3 is 1. The molecular weight excluding hydrogens is 666 g/mol. The molecule has 6 rings (SSSR count). The third kappa shape index (κ3) is 6.62. The first-order valence-electron chi connectivity index (χ1n) is 15.5. The van der Waals surface area contributed by atoms with Crippen molar-refractivity contribution >= 4 is 54.6 Å². The largest absolute Gasteiger partial charge is 0.496 e. The normalized spacial score (nSPS) is 28.3. The first kappa shape index (κ1) is 31.6. The number of allylic oxidation sites excluding steroid dienone is 2. The summed E-state index contributed by atoms with van der Waals surface area (Å²) in [6.07, 6.45) is 10.3. The molecule has 2 aliphatic heterocycles. The second-order valence-corrected chi connectivity index (χ2v) is 15.1. The molecule has 2 aromatic rings. The third-order valence-corrected chi connectivity index (χ3v) is 11.8. The van der Waals surface area contributed by atoms with Crippen molar-refractivity contribution in [2.24, 2.45) is 11.3 Å². The highest BCUT2D eigenvalue weighted by molar-refractivity contribution is 9.10. The van der Waals surface area contributed by atoms with E-state index in [1.54, 1.807) is 13.3 Å². The number of carbonyl (C=O) groups is 3. The molecular formula is C31H38BrN5O7S. The fourth-order valence-corrected chi connectivity index (χ4v) is 8.27. The lowest BCUT2D eigenvalue weighted by Gasteiger charge is -2.25. The summed E-state index contributed by atoms with van der Waals surface area (Å²) in [7, 11) is -2.15. The van der Waals surface area contributed by atoms with Gasteiger partial charge < -0.3 is 25.0 Å². The molecule has 0 bridgehead atoms. The second-order valence-electron chi connectivity index (χ2n) is 12.3. The topological polar surface area (TPSA) is 156 Å². The maximum Gasteiger partial charge on any atom is 0.318 e. The van der Waals surface area contributed by atoms with Crippen molar-refractivity contribution in [3.63, 3.8) is 0 Å². The van der Waals surface area contributed by atoms with E-state index in [1.165, 1.54) is 4.90 Å². The molecule has 1 aromatic carbocycles. The van der Waals surface area contributed by atoms with E-state index < -0.39 is 44.6 Å². The maximum absolute atomic E-state index is 13.7. The van der Waals surface area contributed by atoms with Crippen LogP contribution in [0.15, 0.2) is 41.0 Å². The van der Waals surface area contributed by atoms with Crippen molar-refractivity contribution in [2.75, 3.05) is 26.7 Å². The van der Waals surface area contributed by atoms with E-state index in [4.69, 9.17) is 9.47 Å². The number of rotatable bonds is 6. The van der Waals surface area contributed by atoms with Crippen molar-refractivity contribution in [3.05, 3.63) is 41.0 Å². The number of aromatic nitrogens is 1. The van der Waals surface area contributed by atoms with Crippen LogP contribution in [0.2, 0.25) is 0 Å². The van der Waals surface area contributed by atoms with Crippen molar-refractivity contribution in [2.45, 2.75) is 68.8 Å². The van der Waals surface area contributed by atoms with Crippen molar-refractivity contribution in [1.29, 1.82) is 0 Å². The van der Waals surface area contributed by atoms with Crippen LogP contribution in [0.1, 0.15) is 51.4 Å². The van der Waals surface area contributed by atoms with Gasteiger partial charge in [-0.15, -0.1) is 0 Å². The van der Waals surface area contributed by atoms with Crippen LogP contribution in [-0.2, 0) is 19.6 Å². The Morgan fingerprint density at radius 1 is 1.13 bits per heavy atom. The van der Waals surface area contributed by atoms with Gasteiger partial charge in [-0.1, -0.05) is 18.6 Å². The number of benzene rings is 1. The number of sulfonamides is 1. The number of fused-ring (bicyclic) bond motifs is 3. The summed E-state index contributed by atoms with van der Waals surface area (Å²) < 4.78 is 40.0. The molecule has 4 aliphatic rings. The molecule has 45 heavy (non-hydrogen) atoms. The predicted octanol–water partition coefficient (Wildman–Crippen LogP) is 3.40. The van der Waals surface area contributed by atoms with Gasteiger partial charge in [-0.25, -0.2) is 18.2 Å². The Hall–Kier alpha value is -3.39. The molecule has 3 heterocycles.